The van der Waals surface area contributed by atoms with E-state index in [1.54, 1.807) is 7.11 Å². The average molecular weight is 387 g/mol. The van der Waals surface area contributed by atoms with Crippen LogP contribution in [0.2, 0.25) is 0 Å². The number of nitrogens with zero attached hydrogens (tertiary/aromatic N) is 3. The fourth-order valence-corrected chi connectivity index (χ4v) is 3.68. The zero-order chi connectivity index (χ0) is 20.2. The highest BCUT2D eigenvalue weighted by Gasteiger charge is 2.24. The van der Waals surface area contributed by atoms with Crippen LogP contribution in [0.3, 0.4) is 0 Å². The summed E-state index contributed by atoms with van der Waals surface area (Å²) in [4.78, 5) is 23.6. The molecule has 148 valence electrons. The molecule has 4 rings (SSSR count). The van der Waals surface area contributed by atoms with E-state index in [4.69, 9.17) is 4.74 Å². The molecule has 0 radical (unpaired) electrons. The molecule has 1 saturated heterocycles. The summed E-state index contributed by atoms with van der Waals surface area (Å²) in [6.07, 6.45) is 5.76. The first-order chi connectivity index (χ1) is 14.1. The van der Waals surface area contributed by atoms with Gasteiger partial charge in [0.25, 0.3) is 5.91 Å². The highest BCUT2D eigenvalue weighted by molar-refractivity contribution is 5.95. The van der Waals surface area contributed by atoms with Crippen LogP contribution < -0.4 is 0 Å². The molecule has 2 heterocycles. The second kappa shape index (κ2) is 8.53. The zero-order valence-electron chi connectivity index (χ0n) is 16.8. The Morgan fingerprint density at radius 1 is 1.03 bits per heavy atom. The van der Waals surface area contributed by atoms with Gasteiger partial charge in [-0.05, 0) is 48.6 Å². The summed E-state index contributed by atoms with van der Waals surface area (Å²) in [6.45, 7) is 3.42. The molecule has 2 aromatic carbocycles. The number of methoxy groups -OCH3 is 1. The van der Waals surface area contributed by atoms with E-state index in [1.807, 2.05) is 72.7 Å². The van der Waals surface area contributed by atoms with E-state index in [0.29, 0.717) is 17.9 Å². The first-order valence-electron chi connectivity index (χ1n) is 9.95. The lowest BCUT2D eigenvalue weighted by atomic mass is 10.0. The summed E-state index contributed by atoms with van der Waals surface area (Å²) >= 11 is 0. The van der Waals surface area contributed by atoms with E-state index in [9.17, 15) is 4.79 Å². The van der Waals surface area contributed by atoms with E-state index in [-0.39, 0.29) is 12.0 Å². The molecular formula is C24H25N3O2. The maximum atomic E-state index is 13.0. The SMILES string of the molecule is CO[C@@H]1CCCN(C(=O)c2cccc(-c3ccc(-c4ncc(C)cn4)cc3)c2)C1. The third-order valence-corrected chi connectivity index (χ3v) is 5.37. The van der Waals surface area contributed by atoms with E-state index >= 15 is 0 Å². The van der Waals surface area contributed by atoms with Crippen LogP contribution in [0.5, 0.6) is 0 Å². The third-order valence-electron chi connectivity index (χ3n) is 5.37. The summed E-state index contributed by atoms with van der Waals surface area (Å²) in [6, 6.07) is 15.9. The van der Waals surface area contributed by atoms with Crippen LogP contribution in [-0.4, -0.2) is 47.1 Å². The predicted octanol–water partition coefficient (Wildman–Crippen LogP) is 4.37. The zero-order valence-corrected chi connectivity index (χ0v) is 16.8. The van der Waals surface area contributed by atoms with Gasteiger partial charge in [-0.3, -0.25) is 4.79 Å². The van der Waals surface area contributed by atoms with Crippen LogP contribution in [0.15, 0.2) is 60.9 Å². The van der Waals surface area contributed by atoms with E-state index in [1.165, 1.54) is 0 Å². The number of hydrogen-bond donors (Lipinski definition) is 0. The van der Waals surface area contributed by atoms with Crippen molar-refractivity contribution >= 4 is 5.91 Å². The number of aryl methyl sites for hydroxylation is 1. The maximum absolute atomic E-state index is 13.0. The van der Waals surface area contributed by atoms with Crippen LogP contribution in [0.25, 0.3) is 22.5 Å². The molecule has 1 aliphatic heterocycles. The Balaban J connectivity index is 1.54. The Kier molecular flexibility index (Phi) is 5.67. The van der Waals surface area contributed by atoms with Gasteiger partial charge in [-0.1, -0.05) is 36.4 Å². The monoisotopic (exact) mass is 387 g/mol. The van der Waals surface area contributed by atoms with E-state index in [2.05, 4.69) is 9.97 Å². The van der Waals surface area contributed by atoms with Gasteiger partial charge < -0.3 is 9.64 Å². The minimum Gasteiger partial charge on any atom is -0.380 e. The minimum absolute atomic E-state index is 0.0678. The van der Waals surface area contributed by atoms with Crippen molar-refractivity contribution in [1.29, 1.82) is 0 Å². The molecule has 1 atom stereocenters. The van der Waals surface area contributed by atoms with Crippen LogP contribution in [-0.2, 0) is 4.74 Å². The third kappa shape index (κ3) is 4.35. The van der Waals surface area contributed by atoms with Crippen molar-refractivity contribution in [2.75, 3.05) is 20.2 Å². The number of benzene rings is 2. The number of carbonyl (C=O) groups is 1. The molecule has 0 bridgehead atoms. The Labute approximate surface area is 171 Å². The van der Waals surface area contributed by atoms with Gasteiger partial charge in [-0.15, -0.1) is 0 Å². The lowest BCUT2D eigenvalue weighted by molar-refractivity contribution is 0.0269. The van der Waals surface area contributed by atoms with Gasteiger partial charge in [0, 0.05) is 43.7 Å². The molecule has 1 amide bonds. The molecule has 3 aromatic rings. The van der Waals surface area contributed by atoms with Crippen LogP contribution in [0.4, 0.5) is 0 Å². The molecule has 29 heavy (non-hydrogen) atoms. The van der Waals surface area contributed by atoms with Gasteiger partial charge in [-0.25, -0.2) is 9.97 Å². The molecular weight excluding hydrogens is 362 g/mol. The minimum atomic E-state index is 0.0678. The highest BCUT2D eigenvalue weighted by Crippen LogP contribution is 2.25. The molecule has 5 heteroatoms. The smallest absolute Gasteiger partial charge is 0.253 e. The van der Waals surface area contributed by atoms with Crippen LogP contribution >= 0.6 is 0 Å². The number of amides is 1. The van der Waals surface area contributed by atoms with Gasteiger partial charge in [-0.2, -0.15) is 0 Å². The van der Waals surface area contributed by atoms with Gasteiger partial charge in [0.1, 0.15) is 0 Å². The molecule has 1 aliphatic rings. The fourth-order valence-electron chi connectivity index (χ4n) is 3.68. The summed E-state index contributed by atoms with van der Waals surface area (Å²) in [7, 11) is 1.71. The van der Waals surface area contributed by atoms with Crippen LogP contribution in [0, 0.1) is 6.92 Å². The second-order valence-electron chi connectivity index (χ2n) is 7.49. The quantitative estimate of drug-likeness (QED) is 0.667. The summed E-state index contributed by atoms with van der Waals surface area (Å²) in [5.74, 6) is 0.780. The van der Waals surface area contributed by atoms with Crippen molar-refractivity contribution in [3.8, 4) is 22.5 Å². The summed E-state index contributed by atoms with van der Waals surface area (Å²) in [5.41, 5.74) is 4.80. The van der Waals surface area contributed by atoms with Crippen molar-refractivity contribution < 1.29 is 9.53 Å². The number of hydrogen-bond acceptors (Lipinski definition) is 4. The van der Waals surface area contributed by atoms with Crippen molar-refractivity contribution in [3.63, 3.8) is 0 Å². The first-order valence-corrected chi connectivity index (χ1v) is 9.95. The topological polar surface area (TPSA) is 55.3 Å². The molecule has 5 nitrogen and oxygen atoms in total. The molecule has 0 unspecified atom stereocenters. The number of piperidine rings is 1. The Morgan fingerprint density at radius 3 is 2.48 bits per heavy atom. The Morgan fingerprint density at radius 2 is 1.76 bits per heavy atom. The standard InChI is InChI=1S/C24H25N3O2/c1-17-14-25-23(26-15-17)19-10-8-18(9-11-19)20-5-3-6-21(13-20)24(28)27-12-4-7-22(16-27)29-2/h3,5-6,8-11,13-15,22H,4,7,12,16H2,1-2H3/t22-/m1/s1. The number of aromatic nitrogens is 2. The Bertz CT molecular complexity index is 984. The van der Waals surface area contributed by atoms with Gasteiger partial charge in [0.2, 0.25) is 0 Å². The normalized spacial score (nSPS) is 16.6. The number of rotatable bonds is 4. The van der Waals surface area contributed by atoms with Crippen LogP contribution in [0.1, 0.15) is 28.8 Å². The largest absolute Gasteiger partial charge is 0.380 e. The first kappa shape index (κ1) is 19.3. The molecule has 0 N–H and O–H groups in total. The average Bonchev–Trinajstić information content (AvgIpc) is 2.79. The highest BCUT2D eigenvalue weighted by atomic mass is 16.5. The van der Waals surface area contributed by atoms with Gasteiger partial charge >= 0.3 is 0 Å². The number of ether oxygens (including phenoxy) is 1. The number of likely N-dealkylation sites (tertiary alicyclic amines) is 1. The van der Waals surface area contributed by atoms with E-state index in [0.717, 1.165) is 41.6 Å². The molecule has 0 saturated carbocycles. The summed E-state index contributed by atoms with van der Waals surface area (Å²) < 4.78 is 5.45. The fraction of sp³-hybridized carbons (Fsp3) is 0.292. The van der Waals surface area contributed by atoms with Gasteiger partial charge in [0.15, 0.2) is 5.82 Å². The maximum Gasteiger partial charge on any atom is 0.253 e. The summed E-state index contributed by atoms with van der Waals surface area (Å²) in [5, 5.41) is 0. The van der Waals surface area contributed by atoms with Gasteiger partial charge in [0.05, 0.1) is 6.10 Å². The van der Waals surface area contributed by atoms with Crippen molar-refractivity contribution in [3.05, 3.63) is 72.1 Å². The lowest BCUT2D eigenvalue weighted by Crippen LogP contribution is -2.42. The Hall–Kier alpha value is -3.05. The molecule has 1 fully saturated rings. The molecule has 1 aromatic heterocycles. The van der Waals surface area contributed by atoms with Crippen molar-refractivity contribution in [2.45, 2.75) is 25.9 Å². The van der Waals surface area contributed by atoms with Crippen molar-refractivity contribution in [2.24, 2.45) is 0 Å². The molecule has 0 spiro atoms. The molecule has 0 aliphatic carbocycles. The second-order valence-corrected chi connectivity index (χ2v) is 7.49. The predicted molar refractivity (Wildman–Crippen MR) is 114 cm³/mol. The lowest BCUT2D eigenvalue weighted by Gasteiger charge is -2.32. The number of carbonyl (C=O) groups excluding carboxylic acids is 1. The van der Waals surface area contributed by atoms with E-state index < -0.39 is 0 Å². The van der Waals surface area contributed by atoms with Crippen molar-refractivity contribution in [1.82, 2.24) is 14.9 Å².